The van der Waals surface area contributed by atoms with Gasteiger partial charge in [0.1, 0.15) is 17.3 Å². The van der Waals surface area contributed by atoms with E-state index in [1.54, 1.807) is 24.3 Å². The second-order valence-electron chi connectivity index (χ2n) is 13.8. The van der Waals surface area contributed by atoms with Crippen LogP contribution in [0.25, 0.3) is 11.3 Å². The first-order chi connectivity index (χ1) is 24.9. The maximum absolute atomic E-state index is 15.7. The summed E-state index contributed by atoms with van der Waals surface area (Å²) in [5.41, 5.74) is 0.493. The Morgan fingerprint density at radius 1 is 1.04 bits per heavy atom. The number of halogens is 5. The Kier molecular flexibility index (Phi) is 11.4. The van der Waals surface area contributed by atoms with Crippen LogP contribution in [0.3, 0.4) is 0 Å². The number of pyridine rings is 2. The Morgan fingerprint density at radius 3 is 2.48 bits per heavy atom. The average molecular weight is 724 g/mol. The number of aromatic nitrogens is 2. The number of hydrogen-bond acceptors (Lipinski definition) is 6. The van der Waals surface area contributed by atoms with Gasteiger partial charge < -0.3 is 19.9 Å². The second kappa shape index (κ2) is 16.0. The summed E-state index contributed by atoms with van der Waals surface area (Å²) in [4.78, 5) is 33.1. The third-order valence-corrected chi connectivity index (χ3v) is 9.89. The molecule has 0 saturated carbocycles. The average Bonchev–Trinajstić information content (AvgIpc) is 3.13. The number of amides is 1. The van der Waals surface area contributed by atoms with E-state index in [0.29, 0.717) is 50.5 Å². The molecule has 8 nitrogen and oxygen atoms in total. The third kappa shape index (κ3) is 8.70. The molecule has 2 aromatic carbocycles. The van der Waals surface area contributed by atoms with Gasteiger partial charge in [-0.3, -0.25) is 23.9 Å². The van der Waals surface area contributed by atoms with E-state index in [0.717, 1.165) is 46.6 Å². The van der Waals surface area contributed by atoms with Crippen LogP contribution in [-0.4, -0.2) is 65.3 Å². The monoisotopic (exact) mass is 723 g/mol. The van der Waals surface area contributed by atoms with E-state index in [4.69, 9.17) is 9.72 Å². The highest BCUT2D eigenvalue weighted by Gasteiger charge is 2.34. The Labute approximate surface area is 299 Å². The number of nitrogens with one attached hydrogen (secondary N) is 2. The van der Waals surface area contributed by atoms with Crippen molar-refractivity contribution in [3.63, 3.8) is 0 Å². The summed E-state index contributed by atoms with van der Waals surface area (Å²) in [6.07, 6.45) is -1.96. The molecule has 2 aliphatic rings. The highest BCUT2D eigenvalue weighted by Crippen LogP contribution is 2.33. The number of rotatable bonds is 10. The molecule has 0 radical (unpaired) electrons. The summed E-state index contributed by atoms with van der Waals surface area (Å²) in [5, 5.41) is 6.16. The van der Waals surface area contributed by atoms with Crippen LogP contribution in [0.4, 0.5) is 22.0 Å². The van der Waals surface area contributed by atoms with E-state index in [-0.39, 0.29) is 40.8 Å². The molecule has 13 heteroatoms. The summed E-state index contributed by atoms with van der Waals surface area (Å²) in [6.45, 7) is 6.05. The Hall–Kier alpha value is -4.62. The van der Waals surface area contributed by atoms with Crippen LogP contribution < -0.4 is 20.9 Å². The molecule has 2 atom stereocenters. The fourth-order valence-electron chi connectivity index (χ4n) is 6.93. The molecule has 0 bridgehead atoms. The third-order valence-electron chi connectivity index (χ3n) is 9.89. The molecule has 4 heterocycles. The lowest BCUT2D eigenvalue weighted by atomic mass is 9.90. The minimum atomic E-state index is -4.70. The molecule has 6 rings (SSSR count). The van der Waals surface area contributed by atoms with Crippen LogP contribution in [0.15, 0.2) is 77.7 Å². The van der Waals surface area contributed by atoms with Crippen molar-refractivity contribution in [1.29, 1.82) is 0 Å². The maximum atomic E-state index is 15.7. The van der Waals surface area contributed by atoms with Gasteiger partial charge in [0.25, 0.3) is 11.5 Å². The zero-order valence-corrected chi connectivity index (χ0v) is 29.1. The van der Waals surface area contributed by atoms with Crippen molar-refractivity contribution < 1.29 is 31.5 Å². The highest BCUT2D eigenvalue weighted by atomic mass is 19.4. The van der Waals surface area contributed by atoms with Crippen molar-refractivity contribution in [3.05, 3.63) is 111 Å². The maximum Gasteiger partial charge on any atom is 0.417 e. The minimum Gasteiger partial charge on any atom is -0.457 e. The summed E-state index contributed by atoms with van der Waals surface area (Å²) in [6, 6.07) is 16.3. The number of carbonyl (C=O) groups is 1. The molecule has 0 spiro atoms. The molecule has 276 valence electrons. The van der Waals surface area contributed by atoms with Crippen molar-refractivity contribution >= 4 is 5.91 Å². The first-order valence-electron chi connectivity index (χ1n) is 17.6. The lowest BCUT2D eigenvalue weighted by Gasteiger charge is -2.42. The van der Waals surface area contributed by atoms with E-state index in [1.807, 2.05) is 32.0 Å². The predicted molar refractivity (Wildman–Crippen MR) is 188 cm³/mol. The number of piperidine rings is 2. The Bertz CT molecular complexity index is 1920. The van der Waals surface area contributed by atoms with E-state index in [1.165, 1.54) is 6.07 Å². The van der Waals surface area contributed by atoms with Gasteiger partial charge in [0.05, 0.1) is 30.0 Å². The van der Waals surface area contributed by atoms with Crippen LogP contribution in [0.5, 0.6) is 11.5 Å². The number of alkyl halides is 4. The van der Waals surface area contributed by atoms with Crippen molar-refractivity contribution in [2.24, 2.45) is 5.92 Å². The molecule has 52 heavy (non-hydrogen) atoms. The van der Waals surface area contributed by atoms with Crippen LogP contribution in [0.1, 0.15) is 66.2 Å². The molecule has 2 N–H and O–H groups in total. The standard InChI is InChI=1S/C39H42F5N5O3/c1-24(2)33-4-3-5-34(47-33)25-6-9-30(10-7-25)52-36-19-31(32(41)18-26(36)22-49-23-28(39(42,43)44)8-11-37(49)50)38(51)46-29-13-16-48(17-14-29)35-12-15-45-21-27(35)20-40/h3-11,18-19,23-24,27,29,35,45H,12-17,20-22H2,1-2H3,(H,46,51). The molecule has 2 aromatic heterocycles. The molecule has 1 amide bonds. The molecule has 2 fully saturated rings. The zero-order chi connectivity index (χ0) is 37.0. The van der Waals surface area contributed by atoms with Gasteiger partial charge in [0.15, 0.2) is 0 Å². The first-order valence-corrected chi connectivity index (χ1v) is 17.6. The Balaban J connectivity index is 1.25. The van der Waals surface area contributed by atoms with Crippen molar-refractivity contribution in [2.75, 3.05) is 32.9 Å². The number of nitrogens with zero attached hydrogens (tertiary/aromatic N) is 3. The van der Waals surface area contributed by atoms with Crippen molar-refractivity contribution in [3.8, 4) is 22.8 Å². The lowest BCUT2D eigenvalue weighted by Crippen LogP contribution is -2.54. The topological polar surface area (TPSA) is 88.5 Å². The van der Waals surface area contributed by atoms with Crippen LogP contribution in [0, 0.1) is 11.7 Å². The molecule has 2 saturated heterocycles. The predicted octanol–water partition coefficient (Wildman–Crippen LogP) is 7.17. The fraction of sp³-hybridized carbons (Fsp3) is 0.410. The summed E-state index contributed by atoms with van der Waals surface area (Å²) in [7, 11) is 0. The van der Waals surface area contributed by atoms with E-state index in [2.05, 4.69) is 15.5 Å². The smallest absolute Gasteiger partial charge is 0.417 e. The second-order valence-corrected chi connectivity index (χ2v) is 13.8. The quantitative estimate of drug-likeness (QED) is 0.169. The number of hydrogen-bond donors (Lipinski definition) is 2. The van der Waals surface area contributed by atoms with Gasteiger partial charge in [-0.25, -0.2) is 4.39 Å². The summed E-state index contributed by atoms with van der Waals surface area (Å²) >= 11 is 0. The number of ether oxygens (including phenoxy) is 1. The van der Waals surface area contributed by atoms with Gasteiger partial charge in [-0.05, 0) is 86.3 Å². The van der Waals surface area contributed by atoms with Gasteiger partial charge in [-0.2, -0.15) is 13.2 Å². The summed E-state index contributed by atoms with van der Waals surface area (Å²) < 4.78 is 76.9. The zero-order valence-electron chi connectivity index (χ0n) is 29.1. The van der Waals surface area contributed by atoms with E-state index in [9.17, 15) is 27.2 Å². The normalized spacial score (nSPS) is 18.8. The van der Waals surface area contributed by atoms with Gasteiger partial charge in [0.2, 0.25) is 0 Å². The van der Waals surface area contributed by atoms with Gasteiger partial charge in [0, 0.05) is 66.7 Å². The first kappa shape index (κ1) is 37.1. The minimum absolute atomic E-state index is 0.00142. The Morgan fingerprint density at radius 2 is 1.79 bits per heavy atom. The van der Waals surface area contributed by atoms with Crippen LogP contribution in [0.2, 0.25) is 0 Å². The molecular formula is C39H42F5N5O3. The number of carbonyl (C=O) groups excluding carboxylic acids is 1. The van der Waals surface area contributed by atoms with E-state index < -0.39 is 42.2 Å². The van der Waals surface area contributed by atoms with Gasteiger partial charge in [-0.1, -0.05) is 19.9 Å². The molecule has 0 aliphatic carbocycles. The summed E-state index contributed by atoms with van der Waals surface area (Å²) in [5.74, 6) is -1.11. The lowest BCUT2D eigenvalue weighted by molar-refractivity contribution is -0.138. The van der Waals surface area contributed by atoms with Crippen molar-refractivity contribution in [1.82, 2.24) is 25.1 Å². The number of likely N-dealkylation sites (tertiary alicyclic amines) is 1. The van der Waals surface area contributed by atoms with E-state index >= 15 is 4.39 Å². The van der Waals surface area contributed by atoms with Crippen LogP contribution >= 0.6 is 0 Å². The molecule has 2 unspecified atom stereocenters. The molecular weight excluding hydrogens is 681 g/mol. The molecule has 2 aliphatic heterocycles. The van der Waals surface area contributed by atoms with Crippen molar-refractivity contribution in [2.45, 2.75) is 63.8 Å². The molecule has 4 aromatic rings. The fourth-order valence-corrected chi connectivity index (χ4v) is 6.93. The van der Waals surface area contributed by atoms with Gasteiger partial charge in [-0.15, -0.1) is 0 Å². The largest absolute Gasteiger partial charge is 0.457 e. The SMILES string of the molecule is CC(C)c1cccc(-c2ccc(Oc3cc(C(=O)NC4CCN(C5CCNCC5CF)CC4)c(F)cc3Cn3cc(C(F)(F)F)ccc3=O)cc2)n1. The number of benzene rings is 2. The van der Waals surface area contributed by atoms with Gasteiger partial charge >= 0.3 is 6.18 Å². The highest BCUT2D eigenvalue weighted by molar-refractivity contribution is 5.95. The van der Waals surface area contributed by atoms with Crippen LogP contribution in [-0.2, 0) is 12.7 Å².